The molecular weight excluding hydrogens is 386 g/mol. The fourth-order valence-electron chi connectivity index (χ4n) is 4.02. The number of anilines is 1. The average molecular weight is 416 g/mol. The SMILES string of the molecule is O=C(Cc1ccccc1O)NCc1ccccc1CN1CCN(c2ccccc2)CC1. The van der Waals surface area contributed by atoms with E-state index in [2.05, 4.69) is 63.6 Å². The largest absolute Gasteiger partial charge is 0.508 e. The van der Waals surface area contributed by atoms with Crippen LogP contribution in [-0.2, 0) is 24.3 Å². The van der Waals surface area contributed by atoms with Crippen molar-refractivity contribution in [2.75, 3.05) is 31.1 Å². The Morgan fingerprint density at radius 2 is 1.39 bits per heavy atom. The highest BCUT2D eigenvalue weighted by molar-refractivity contribution is 5.79. The maximum Gasteiger partial charge on any atom is 0.224 e. The van der Waals surface area contributed by atoms with Crippen molar-refractivity contribution in [1.29, 1.82) is 0 Å². The summed E-state index contributed by atoms with van der Waals surface area (Å²) in [7, 11) is 0. The van der Waals surface area contributed by atoms with E-state index in [9.17, 15) is 9.90 Å². The molecule has 1 heterocycles. The number of hydrogen-bond acceptors (Lipinski definition) is 4. The van der Waals surface area contributed by atoms with Gasteiger partial charge in [-0.25, -0.2) is 0 Å². The van der Waals surface area contributed by atoms with Gasteiger partial charge in [0.15, 0.2) is 0 Å². The second-order valence-electron chi connectivity index (χ2n) is 7.95. The van der Waals surface area contributed by atoms with Crippen molar-refractivity contribution >= 4 is 11.6 Å². The van der Waals surface area contributed by atoms with Crippen LogP contribution in [0.2, 0.25) is 0 Å². The second-order valence-corrected chi connectivity index (χ2v) is 7.95. The molecule has 1 saturated heterocycles. The molecule has 1 aliphatic rings. The minimum Gasteiger partial charge on any atom is -0.508 e. The lowest BCUT2D eigenvalue weighted by atomic mass is 10.1. The molecule has 1 aliphatic heterocycles. The number of rotatable bonds is 7. The fraction of sp³-hybridized carbons (Fsp3) is 0.269. The molecule has 160 valence electrons. The monoisotopic (exact) mass is 415 g/mol. The van der Waals surface area contributed by atoms with E-state index < -0.39 is 0 Å². The Morgan fingerprint density at radius 1 is 0.774 bits per heavy atom. The zero-order chi connectivity index (χ0) is 21.5. The number of carbonyl (C=O) groups is 1. The van der Waals surface area contributed by atoms with Crippen LogP contribution in [0.1, 0.15) is 16.7 Å². The van der Waals surface area contributed by atoms with Crippen LogP contribution in [0.15, 0.2) is 78.9 Å². The van der Waals surface area contributed by atoms with Gasteiger partial charge in [-0.15, -0.1) is 0 Å². The third-order valence-electron chi connectivity index (χ3n) is 5.82. The lowest BCUT2D eigenvalue weighted by Gasteiger charge is -2.36. The van der Waals surface area contributed by atoms with Crippen LogP contribution in [0, 0.1) is 0 Å². The summed E-state index contributed by atoms with van der Waals surface area (Å²) in [6, 6.07) is 25.8. The van der Waals surface area contributed by atoms with E-state index in [0.717, 1.165) is 38.3 Å². The normalized spacial score (nSPS) is 14.4. The molecule has 0 atom stereocenters. The molecule has 5 nitrogen and oxygen atoms in total. The van der Waals surface area contributed by atoms with E-state index in [4.69, 9.17) is 0 Å². The summed E-state index contributed by atoms with van der Waals surface area (Å²) < 4.78 is 0. The van der Waals surface area contributed by atoms with Crippen molar-refractivity contribution < 1.29 is 9.90 Å². The molecule has 0 spiro atoms. The first-order valence-electron chi connectivity index (χ1n) is 10.8. The summed E-state index contributed by atoms with van der Waals surface area (Å²) in [6.45, 7) is 5.44. The Morgan fingerprint density at radius 3 is 2.10 bits per heavy atom. The minimum absolute atomic E-state index is 0.0900. The van der Waals surface area contributed by atoms with Gasteiger partial charge in [-0.1, -0.05) is 60.7 Å². The fourth-order valence-corrected chi connectivity index (χ4v) is 4.02. The summed E-state index contributed by atoms with van der Waals surface area (Å²) in [5, 5.41) is 12.9. The Labute approximate surface area is 183 Å². The predicted octanol–water partition coefficient (Wildman–Crippen LogP) is 3.57. The van der Waals surface area contributed by atoms with Gasteiger partial charge in [-0.05, 0) is 29.3 Å². The molecule has 1 amide bonds. The maximum absolute atomic E-state index is 12.4. The van der Waals surface area contributed by atoms with E-state index in [1.165, 1.54) is 11.3 Å². The Balaban J connectivity index is 1.31. The van der Waals surface area contributed by atoms with Gasteiger partial charge in [0.1, 0.15) is 5.75 Å². The third kappa shape index (κ3) is 5.64. The molecule has 3 aromatic carbocycles. The zero-order valence-corrected chi connectivity index (χ0v) is 17.7. The van der Waals surface area contributed by atoms with Crippen molar-refractivity contribution in [3.05, 3.63) is 95.6 Å². The lowest BCUT2D eigenvalue weighted by Crippen LogP contribution is -2.46. The Bertz CT molecular complexity index is 998. The minimum atomic E-state index is -0.0900. The van der Waals surface area contributed by atoms with Crippen LogP contribution in [-0.4, -0.2) is 42.1 Å². The van der Waals surface area contributed by atoms with Crippen LogP contribution >= 0.6 is 0 Å². The van der Waals surface area contributed by atoms with Crippen LogP contribution in [0.25, 0.3) is 0 Å². The number of para-hydroxylation sites is 2. The molecule has 0 aromatic heterocycles. The van der Waals surface area contributed by atoms with E-state index >= 15 is 0 Å². The maximum atomic E-state index is 12.4. The summed E-state index contributed by atoms with van der Waals surface area (Å²) in [6.07, 6.45) is 0.177. The number of benzene rings is 3. The summed E-state index contributed by atoms with van der Waals surface area (Å²) >= 11 is 0. The summed E-state index contributed by atoms with van der Waals surface area (Å²) in [5.41, 5.74) is 4.32. The van der Waals surface area contributed by atoms with Gasteiger partial charge in [0, 0.05) is 50.5 Å². The number of phenols is 1. The molecule has 3 aromatic rings. The number of nitrogens with zero attached hydrogens (tertiary/aromatic N) is 2. The Kier molecular flexibility index (Phi) is 6.85. The predicted molar refractivity (Wildman–Crippen MR) is 124 cm³/mol. The number of nitrogens with one attached hydrogen (secondary N) is 1. The van der Waals surface area contributed by atoms with E-state index in [-0.39, 0.29) is 18.1 Å². The van der Waals surface area contributed by atoms with Gasteiger partial charge in [0.2, 0.25) is 5.91 Å². The molecule has 5 heteroatoms. The van der Waals surface area contributed by atoms with E-state index in [1.54, 1.807) is 18.2 Å². The van der Waals surface area contributed by atoms with Crippen molar-refractivity contribution in [1.82, 2.24) is 10.2 Å². The first-order valence-corrected chi connectivity index (χ1v) is 10.8. The van der Waals surface area contributed by atoms with Crippen molar-refractivity contribution in [2.24, 2.45) is 0 Å². The third-order valence-corrected chi connectivity index (χ3v) is 5.82. The van der Waals surface area contributed by atoms with Gasteiger partial charge in [-0.2, -0.15) is 0 Å². The van der Waals surface area contributed by atoms with Crippen LogP contribution in [0.5, 0.6) is 5.75 Å². The molecule has 0 bridgehead atoms. The highest BCUT2D eigenvalue weighted by atomic mass is 16.3. The van der Waals surface area contributed by atoms with Crippen LogP contribution in [0.4, 0.5) is 5.69 Å². The first kappa shape index (κ1) is 20.9. The average Bonchev–Trinajstić information content (AvgIpc) is 2.81. The molecule has 0 saturated carbocycles. The number of phenolic OH excluding ortho intramolecular Hbond substituents is 1. The molecule has 31 heavy (non-hydrogen) atoms. The van der Waals surface area contributed by atoms with Gasteiger partial charge in [0.05, 0.1) is 6.42 Å². The number of aromatic hydroxyl groups is 1. The van der Waals surface area contributed by atoms with E-state index in [1.807, 2.05) is 12.1 Å². The van der Waals surface area contributed by atoms with E-state index in [0.29, 0.717) is 12.1 Å². The quantitative estimate of drug-likeness (QED) is 0.619. The molecule has 4 rings (SSSR count). The molecular formula is C26H29N3O2. The van der Waals surface area contributed by atoms with Crippen LogP contribution in [0.3, 0.4) is 0 Å². The number of hydrogen-bond donors (Lipinski definition) is 2. The van der Waals surface area contributed by atoms with Crippen molar-refractivity contribution in [3.63, 3.8) is 0 Å². The molecule has 1 fully saturated rings. The zero-order valence-electron chi connectivity index (χ0n) is 17.7. The van der Waals surface area contributed by atoms with Crippen molar-refractivity contribution in [2.45, 2.75) is 19.5 Å². The number of piperazine rings is 1. The topological polar surface area (TPSA) is 55.8 Å². The lowest BCUT2D eigenvalue weighted by molar-refractivity contribution is -0.120. The van der Waals surface area contributed by atoms with Gasteiger partial charge >= 0.3 is 0 Å². The highest BCUT2D eigenvalue weighted by Crippen LogP contribution is 2.19. The van der Waals surface area contributed by atoms with Crippen LogP contribution < -0.4 is 10.2 Å². The summed E-state index contributed by atoms with van der Waals surface area (Å²) in [4.78, 5) is 17.3. The standard InChI is InChI=1S/C26H29N3O2/c30-25-13-7-6-8-21(25)18-26(31)27-19-22-9-4-5-10-23(22)20-28-14-16-29(17-15-28)24-11-2-1-3-12-24/h1-13,30H,14-20H2,(H,27,31). The highest BCUT2D eigenvalue weighted by Gasteiger charge is 2.18. The molecule has 0 aliphatic carbocycles. The van der Waals surface area contributed by atoms with Crippen molar-refractivity contribution in [3.8, 4) is 5.75 Å². The number of carbonyl (C=O) groups excluding carboxylic acids is 1. The molecule has 0 unspecified atom stereocenters. The smallest absolute Gasteiger partial charge is 0.224 e. The first-order chi connectivity index (χ1) is 15.2. The Hall–Kier alpha value is -3.31. The van der Waals surface area contributed by atoms with Gasteiger partial charge in [0.25, 0.3) is 0 Å². The van der Waals surface area contributed by atoms with Gasteiger partial charge in [-0.3, -0.25) is 9.69 Å². The van der Waals surface area contributed by atoms with Gasteiger partial charge < -0.3 is 15.3 Å². The summed E-state index contributed by atoms with van der Waals surface area (Å²) in [5.74, 6) is 0.0699. The number of amides is 1. The second kappa shape index (κ2) is 10.1. The molecule has 2 N–H and O–H groups in total. The molecule has 0 radical (unpaired) electrons.